The first-order valence-electron chi connectivity index (χ1n) is 9.67. The van der Waals surface area contributed by atoms with Gasteiger partial charge in [-0.05, 0) is 25.3 Å². The number of methoxy groups -OCH3 is 2. The molecule has 1 aromatic carbocycles. The number of carbonyl (C=O) groups is 2. The molecule has 1 fully saturated rings. The standard InChI is InChI=1S/C21H26N2O6/c1-13-15(12-18(24)22-7-5-9-23-8-4-6-19(23)25)21(26)29-17-11-14(27-2)10-16(28-3)20(13)17/h10-11H,4-9,12H2,1-3H3,(H,22,24). The lowest BCUT2D eigenvalue weighted by atomic mass is 10.0. The Bertz CT molecular complexity index is 981. The fourth-order valence-corrected chi connectivity index (χ4v) is 3.63. The number of hydrogen-bond acceptors (Lipinski definition) is 6. The summed E-state index contributed by atoms with van der Waals surface area (Å²) in [4.78, 5) is 38.2. The van der Waals surface area contributed by atoms with Crippen molar-refractivity contribution in [3.05, 3.63) is 33.7 Å². The molecule has 2 heterocycles. The molecule has 3 rings (SSSR count). The van der Waals surface area contributed by atoms with E-state index in [4.69, 9.17) is 13.9 Å². The van der Waals surface area contributed by atoms with Crippen LogP contribution in [0.15, 0.2) is 21.3 Å². The van der Waals surface area contributed by atoms with Gasteiger partial charge in [-0.3, -0.25) is 9.59 Å². The molecule has 0 saturated carbocycles. The average molecular weight is 402 g/mol. The third-order valence-corrected chi connectivity index (χ3v) is 5.21. The molecule has 8 nitrogen and oxygen atoms in total. The normalized spacial score (nSPS) is 13.8. The van der Waals surface area contributed by atoms with Crippen LogP contribution >= 0.6 is 0 Å². The summed E-state index contributed by atoms with van der Waals surface area (Å²) in [5.74, 6) is 0.933. The second kappa shape index (κ2) is 8.98. The van der Waals surface area contributed by atoms with E-state index in [9.17, 15) is 14.4 Å². The summed E-state index contributed by atoms with van der Waals surface area (Å²) in [6.45, 7) is 3.64. The van der Waals surface area contributed by atoms with Crippen molar-refractivity contribution in [2.75, 3.05) is 33.9 Å². The topological polar surface area (TPSA) is 98.1 Å². The first-order chi connectivity index (χ1) is 13.9. The molecule has 0 bridgehead atoms. The van der Waals surface area contributed by atoms with Crippen LogP contribution in [0.1, 0.15) is 30.4 Å². The number of benzene rings is 1. The highest BCUT2D eigenvalue weighted by Gasteiger charge is 2.20. The molecule has 0 spiro atoms. The fraction of sp³-hybridized carbons (Fsp3) is 0.476. The van der Waals surface area contributed by atoms with Crippen LogP contribution in [0.5, 0.6) is 11.5 Å². The van der Waals surface area contributed by atoms with Crippen molar-refractivity contribution in [3.63, 3.8) is 0 Å². The molecule has 29 heavy (non-hydrogen) atoms. The third-order valence-electron chi connectivity index (χ3n) is 5.21. The highest BCUT2D eigenvalue weighted by molar-refractivity contribution is 5.90. The minimum Gasteiger partial charge on any atom is -0.496 e. The highest BCUT2D eigenvalue weighted by Crippen LogP contribution is 2.33. The smallest absolute Gasteiger partial charge is 0.340 e. The number of likely N-dealkylation sites (tertiary alicyclic amines) is 1. The lowest BCUT2D eigenvalue weighted by molar-refractivity contribution is -0.127. The van der Waals surface area contributed by atoms with Gasteiger partial charge in [-0.2, -0.15) is 0 Å². The van der Waals surface area contributed by atoms with Gasteiger partial charge in [-0.1, -0.05) is 0 Å². The molecule has 0 unspecified atom stereocenters. The minimum absolute atomic E-state index is 0.0814. The van der Waals surface area contributed by atoms with Gasteiger partial charge in [0.25, 0.3) is 0 Å². The van der Waals surface area contributed by atoms with Crippen LogP contribution in [0.4, 0.5) is 0 Å². The summed E-state index contributed by atoms with van der Waals surface area (Å²) in [6.07, 6.45) is 2.11. The number of rotatable bonds is 8. The predicted octanol–water partition coefficient (Wildman–Crippen LogP) is 1.79. The number of amides is 2. The number of nitrogens with one attached hydrogen (secondary N) is 1. The molecule has 0 atom stereocenters. The highest BCUT2D eigenvalue weighted by atomic mass is 16.5. The second-order valence-corrected chi connectivity index (χ2v) is 7.06. The van der Waals surface area contributed by atoms with E-state index >= 15 is 0 Å². The average Bonchev–Trinajstić information content (AvgIpc) is 3.12. The van der Waals surface area contributed by atoms with Crippen LogP contribution in [-0.2, 0) is 16.0 Å². The SMILES string of the molecule is COc1cc(OC)c2c(C)c(CC(=O)NCCCN3CCCC3=O)c(=O)oc2c1. The summed E-state index contributed by atoms with van der Waals surface area (Å²) in [7, 11) is 3.04. The van der Waals surface area contributed by atoms with Crippen molar-refractivity contribution in [2.24, 2.45) is 0 Å². The van der Waals surface area contributed by atoms with E-state index < -0.39 is 5.63 Å². The Morgan fingerprint density at radius 1 is 1.24 bits per heavy atom. The predicted molar refractivity (Wildman–Crippen MR) is 107 cm³/mol. The molecule has 1 saturated heterocycles. The number of nitrogens with zero attached hydrogens (tertiary/aromatic N) is 1. The first kappa shape index (κ1) is 20.7. The molecule has 1 N–H and O–H groups in total. The van der Waals surface area contributed by atoms with E-state index in [1.54, 1.807) is 19.1 Å². The number of ether oxygens (including phenoxy) is 2. The molecule has 1 aromatic heterocycles. The molecule has 156 valence electrons. The molecule has 0 aliphatic carbocycles. The fourth-order valence-electron chi connectivity index (χ4n) is 3.63. The molecular formula is C21H26N2O6. The largest absolute Gasteiger partial charge is 0.496 e. The van der Waals surface area contributed by atoms with Crippen molar-refractivity contribution >= 4 is 22.8 Å². The first-order valence-corrected chi connectivity index (χ1v) is 9.67. The summed E-state index contributed by atoms with van der Waals surface area (Å²) in [5, 5.41) is 3.45. The lowest BCUT2D eigenvalue weighted by Crippen LogP contribution is -2.32. The summed E-state index contributed by atoms with van der Waals surface area (Å²) >= 11 is 0. The molecule has 0 radical (unpaired) electrons. The van der Waals surface area contributed by atoms with Gasteiger partial charge in [0.15, 0.2) is 0 Å². The van der Waals surface area contributed by atoms with E-state index in [0.717, 1.165) is 13.0 Å². The molecule has 8 heteroatoms. The van der Waals surface area contributed by atoms with Crippen LogP contribution in [0.2, 0.25) is 0 Å². The molecule has 2 amide bonds. The van der Waals surface area contributed by atoms with E-state index in [1.165, 1.54) is 14.2 Å². The van der Waals surface area contributed by atoms with E-state index in [-0.39, 0.29) is 18.2 Å². The Morgan fingerprint density at radius 2 is 2.03 bits per heavy atom. The van der Waals surface area contributed by atoms with E-state index in [1.807, 2.05) is 4.90 Å². The Hall–Kier alpha value is -3.03. The lowest BCUT2D eigenvalue weighted by Gasteiger charge is -2.15. The maximum Gasteiger partial charge on any atom is 0.340 e. The Balaban J connectivity index is 1.69. The number of carbonyl (C=O) groups excluding carboxylic acids is 2. The molecule has 1 aliphatic rings. The third kappa shape index (κ3) is 4.52. The van der Waals surface area contributed by atoms with Gasteiger partial charge in [0, 0.05) is 38.2 Å². The van der Waals surface area contributed by atoms with Gasteiger partial charge in [0.05, 0.1) is 31.6 Å². The monoisotopic (exact) mass is 402 g/mol. The molecule has 1 aliphatic heterocycles. The minimum atomic E-state index is -0.553. The Labute approximate surface area is 168 Å². The maximum absolute atomic E-state index is 12.5. The summed E-state index contributed by atoms with van der Waals surface area (Å²) in [5.41, 5.74) is 0.744. The number of hydrogen-bond donors (Lipinski definition) is 1. The zero-order valence-electron chi connectivity index (χ0n) is 17.0. The van der Waals surface area contributed by atoms with Gasteiger partial charge in [-0.25, -0.2) is 4.79 Å². The molecule has 2 aromatic rings. The zero-order chi connectivity index (χ0) is 21.0. The van der Waals surface area contributed by atoms with Crippen LogP contribution in [-0.4, -0.2) is 50.6 Å². The van der Waals surface area contributed by atoms with Gasteiger partial charge in [0.2, 0.25) is 11.8 Å². The quantitative estimate of drug-likeness (QED) is 0.534. The van der Waals surface area contributed by atoms with Crippen LogP contribution in [0.25, 0.3) is 11.0 Å². The summed E-state index contributed by atoms with van der Waals surface area (Å²) < 4.78 is 16.0. The van der Waals surface area contributed by atoms with Crippen molar-refractivity contribution in [3.8, 4) is 11.5 Å². The second-order valence-electron chi connectivity index (χ2n) is 7.06. The number of fused-ring (bicyclic) bond motifs is 1. The Kier molecular flexibility index (Phi) is 6.41. The van der Waals surface area contributed by atoms with Gasteiger partial charge in [0.1, 0.15) is 17.1 Å². The Morgan fingerprint density at radius 3 is 2.69 bits per heavy atom. The van der Waals surface area contributed by atoms with Gasteiger partial charge < -0.3 is 24.1 Å². The summed E-state index contributed by atoms with van der Waals surface area (Å²) in [6, 6.07) is 3.33. The van der Waals surface area contributed by atoms with Crippen molar-refractivity contribution in [2.45, 2.75) is 32.6 Å². The number of aryl methyl sites for hydroxylation is 1. The maximum atomic E-state index is 12.5. The van der Waals surface area contributed by atoms with E-state index in [0.29, 0.717) is 59.5 Å². The van der Waals surface area contributed by atoms with Crippen molar-refractivity contribution in [1.82, 2.24) is 10.2 Å². The van der Waals surface area contributed by atoms with Crippen molar-refractivity contribution in [1.29, 1.82) is 0 Å². The van der Waals surface area contributed by atoms with Crippen LogP contribution in [0.3, 0.4) is 0 Å². The van der Waals surface area contributed by atoms with Gasteiger partial charge >= 0.3 is 5.63 Å². The molecular weight excluding hydrogens is 376 g/mol. The van der Waals surface area contributed by atoms with Crippen molar-refractivity contribution < 1.29 is 23.5 Å². The zero-order valence-corrected chi connectivity index (χ0v) is 17.0. The van der Waals surface area contributed by atoms with Gasteiger partial charge in [-0.15, -0.1) is 0 Å². The van der Waals surface area contributed by atoms with Crippen LogP contribution < -0.4 is 20.4 Å². The van der Waals surface area contributed by atoms with E-state index in [2.05, 4.69) is 5.32 Å². The van der Waals surface area contributed by atoms with Crippen LogP contribution in [0, 0.1) is 6.92 Å².